The van der Waals surface area contributed by atoms with Crippen molar-refractivity contribution in [3.8, 4) is 0 Å². The molecule has 0 aliphatic heterocycles. The topological polar surface area (TPSA) is 33.2 Å². The lowest BCUT2D eigenvalue weighted by Gasteiger charge is -2.35. The summed E-state index contributed by atoms with van der Waals surface area (Å²) in [5.41, 5.74) is 5.85. The fourth-order valence-electron chi connectivity index (χ4n) is 4.56. The number of thioether (sulfide) groups is 1. The monoisotopic (exact) mass is 494 g/mol. The van der Waals surface area contributed by atoms with Gasteiger partial charge in [0, 0.05) is 44.1 Å². The molecule has 4 rings (SSSR count). The van der Waals surface area contributed by atoms with Crippen LogP contribution in [0.2, 0.25) is 0 Å². The molecule has 0 saturated carbocycles. The largest absolute Gasteiger partial charge is 0.374 e. The fraction of sp³-hybridized carbons (Fsp3) is 0.250. The number of aromatic nitrogens is 1. The van der Waals surface area contributed by atoms with Gasteiger partial charge < -0.3 is 4.90 Å². The summed E-state index contributed by atoms with van der Waals surface area (Å²) < 4.78 is -0.375. The highest BCUT2D eigenvalue weighted by Gasteiger charge is 2.36. The summed E-state index contributed by atoms with van der Waals surface area (Å²) in [6.07, 6.45) is 4.03. The molecule has 0 unspecified atom stereocenters. The normalized spacial score (nSPS) is 11.3. The van der Waals surface area contributed by atoms with Crippen molar-refractivity contribution in [2.45, 2.75) is 36.7 Å². The van der Waals surface area contributed by atoms with Gasteiger partial charge in [0.15, 0.2) is 0 Å². The molecule has 0 radical (unpaired) electrons. The van der Waals surface area contributed by atoms with Crippen molar-refractivity contribution in [3.63, 3.8) is 0 Å². The lowest BCUT2D eigenvalue weighted by molar-refractivity contribution is -0.118. The second-order valence-corrected chi connectivity index (χ2v) is 10.2. The van der Waals surface area contributed by atoms with Crippen molar-refractivity contribution in [3.05, 3.63) is 132 Å². The maximum atomic E-state index is 12.0. The Bertz CT molecular complexity index is 1130. The smallest absolute Gasteiger partial charge is 0.134 e. The van der Waals surface area contributed by atoms with Gasteiger partial charge in [-0.2, -0.15) is 0 Å². The lowest BCUT2D eigenvalue weighted by Crippen LogP contribution is -2.26. The first-order valence-electron chi connectivity index (χ1n) is 12.6. The third-order valence-corrected chi connectivity index (χ3v) is 8.05. The number of hydrogen-bond donors (Lipinski definition) is 0. The fourth-order valence-corrected chi connectivity index (χ4v) is 5.99. The first-order valence-corrected chi connectivity index (χ1v) is 13.6. The molecule has 3 nitrogen and oxygen atoms in total. The van der Waals surface area contributed by atoms with Gasteiger partial charge in [-0.3, -0.25) is 9.78 Å². The Morgan fingerprint density at radius 3 is 1.83 bits per heavy atom. The number of benzene rings is 3. The summed E-state index contributed by atoms with van der Waals surface area (Å²) in [6, 6.07) is 36.4. The molecule has 0 fully saturated rings. The van der Waals surface area contributed by atoms with Gasteiger partial charge in [-0.1, -0.05) is 97.9 Å². The van der Waals surface area contributed by atoms with E-state index in [4.69, 9.17) is 4.98 Å². The summed E-state index contributed by atoms with van der Waals surface area (Å²) >= 11 is 1.89. The summed E-state index contributed by atoms with van der Waals surface area (Å²) in [5.74, 6) is 1.07. The summed E-state index contributed by atoms with van der Waals surface area (Å²) in [4.78, 5) is 18.9. The van der Waals surface area contributed by atoms with E-state index in [9.17, 15) is 4.79 Å². The minimum atomic E-state index is -0.375. The van der Waals surface area contributed by atoms with E-state index in [1.807, 2.05) is 31.1 Å². The molecule has 1 aromatic heterocycles. The summed E-state index contributed by atoms with van der Waals surface area (Å²) in [7, 11) is 2.05. The van der Waals surface area contributed by atoms with Crippen LogP contribution < -0.4 is 4.90 Å². The van der Waals surface area contributed by atoms with Crippen molar-refractivity contribution >= 4 is 23.2 Å². The highest BCUT2D eigenvalue weighted by atomic mass is 32.2. The Labute approximate surface area is 219 Å². The Balaban J connectivity index is 1.65. The van der Waals surface area contributed by atoms with E-state index in [0.717, 1.165) is 30.1 Å². The van der Waals surface area contributed by atoms with Gasteiger partial charge in [0.2, 0.25) is 0 Å². The minimum Gasteiger partial charge on any atom is -0.374 e. The number of ketones is 1. The van der Waals surface area contributed by atoms with Crippen LogP contribution in [-0.2, 0) is 15.3 Å². The maximum absolute atomic E-state index is 12.0. The number of pyridine rings is 1. The quantitative estimate of drug-likeness (QED) is 0.191. The Morgan fingerprint density at radius 2 is 1.33 bits per heavy atom. The Hall–Kier alpha value is -3.37. The van der Waals surface area contributed by atoms with Crippen LogP contribution in [0.15, 0.2) is 109 Å². The SMILES string of the molecule is CCCC(=O)CCN(C)c1ccnc(CSC(c2ccccc2)(c2ccccc2)c2ccccc2)c1. The van der Waals surface area contributed by atoms with Crippen LogP contribution in [0.3, 0.4) is 0 Å². The highest BCUT2D eigenvalue weighted by molar-refractivity contribution is 7.99. The van der Waals surface area contributed by atoms with Gasteiger partial charge in [0.25, 0.3) is 0 Å². The van der Waals surface area contributed by atoms with E-state index in [1.54, 1.807) is 0 Å². The predicted octanol–water partition coefficient (Wildman–Crippen LogP) is 7.50. The van der Waals surface area contributed by atoms with Crippen LogP contribution >= 0.6 is 11.8 Å². The summed E-state index contributed by atoms with van der Waals surface area (Å²) in [6.45, 7) is 2.77. The van der Waals surface area contributed by atoms with Gasteiger partial charge in [0.05, 0.1) is 10.4 Å². The van der Waals surface area contributed by atoms with Crippen LogP contribution in [0.5, 0.6) is 0 Å². The first-order chi connectivity index (χ1) is 17.6. The number of nitrogens with zero attached hydrogens (tertiary/aromatic N) is 2. The minimum absolute atomic E-state index is 0.326. The number of Topliss-reactive ketones (excluding diaryl/α,β-unsaturated/α-hetero) is 1. The molecule has 4 heteroatoms. The number of rotatable bonds is 12. The van der Waals surface area contributed by atoms with Crippen molar-refractivity contribution in [1.82, 2.24) is 4.98 Å². The third kappa shape index (κ3) is 6.06. The van der Waals surface area contributed by atoms with Crippen molar-refractivity contribution in [2.24, 2.45) is 0 Å². The Morgan fingerprint density at radius 1 is 0.806 bits per heavy atom. The van der Waals surface area contributed by atoms with Gasteiger partial charge in [-0.25, -0.2) is 0 Å². The number of carbonyl (C=O) groups is 1. The third-order valence-electron chi connectivity index (χ3n) is 6.47. The van der Waals surface area contributed by atoms with Crippen molar-refractivity contribution in [2.75, 3.05) is 18.5 Å². The average molecular weight is 495 g/mol. The van der Waals surface area contributed by atoms with E-state index in [0.29, 0.717) is 18.6 Å². The molecule has 3 aromatic carbocycles. The molecule has 1 heterocycles. The second kappa shape index (κ2) is 12.5. The molecule has 0 aliphatic rings. The zero-order valence-corrected chi connectivity index (χ0v) is 22.0. The van der Waals surface area contributed by atoms with Gasteiger partial charge >= 0.3 is 0 Å². The number of anilines is 1. The van der Waals surface area contributed by atoms with Crippen molar-refractivity contribution < 1.29 is 4.79 Å². The molecule has 0 N–H and O–H groups in total. The van der Waals surface area contributed by atoms with Gasteiger partial charge in [-0.15, -0.1) is 11.8 Å². The predicted molar refractivity (Wildman–Crippen MR) is 153 cm³/mol. The van der Waals surface area contributed by atoms with E-state index >= 15 is 0 Å². The maximum Gasteiger partial charge on any atom is 0.134 e. The average Bonchev–Trinajstić information content (AvgIpc) is 2.94. The molecule has 184 valence electrons. The molecular formula is C32H34N2OS. The zero-order valence-electron chi connectivity index (χ0n) is 21.1. The molecule has 0 amide bonds. The van der Waals surface area contributed by atoms with Crippen LogP contribution in [0.1, 0.15) is 48.6 Å². The van der Waals surface area contributed by atoms with Crippen LogP contribution in [0.4, 0.5) is 5.69 Å². The standard InChI is InChI=1S/C32H34N2OS/c1-3-13-31(35)21-23-34(2)30-20-22-33-29(24-30)25-36-32(26-14-7-4-8-15-26,27-16-9-5-10-17-27)28-18-11-6-12-19-28/h4-12,14-20,22,24H,3,13,21,23,25H2,1-2H3. The van der Waals surface area contributed by atoms with Crippen molar-refractivity contribution in [1.29, 1.82) is 0 Å². The molecule has 0 saturated heterocycles. The van der Waals surface area contributed by atoms with E-state index < -0.39 is 0 Å². The zero-order chi connectivity index (χ0) is 25.2. The van der Waals surface area contributed by atoms with E-state index in [2.05, 4.69) is 109 Å². The molecule has 0 aliphatic carbocycles. The number of hydrogen-bond acceptors (Lipinski definition) is 4. The van der Waals surface area contributed by atoms with E-state index in [-0.39, 0.29) is 4.75 Å². The molecule has 0 atom stereocenters. The first kappa shape index (κ1) is 25.7. The lowest BCUT2D eigenvalue weighted by atomic mass is 9.84. The Kier molecular flexibility index (Phi) is 8.96. The van der Waals surface area contributed by atoms with Gasteiger partial charge in [0.1, 0.15) is 5.78 Å². The molecule has 0 bridgehead atoms. The summed E-state index contributed by atoms with van der Waals surface area (Å²) in [5, 5.41) is 0. The van der Waals surface area contributed by atoms with Crippen LogP contribution in [0, 0.1) is 0 Å². The van der Waals surface area contributed by atoms with Gasteiger partial charge in [-0.05, 0) is 35.2 Å². The van der Waals surface area contributed by atoms with Crippen LogP contribution in [-0.4, -0.2) is 24.4 Å². The van der Waals surface area contributed by atoms with Crippen LogP contribution in [0.25, 0.3) is 0 Å². The molecule has 4 aromatic rings. The highest BCUT2D eigenvalue weighted by Crippen LogP contribution is 2.49. The molecule has 36 heavy (non-hydrogen) atoms. The second-order valence-electron chi connectivity index (χ2n) is 9.03. The molecular weight excluding hydrogens is 460 g/mol. The molecule has 0 spiro atoms. The van der Waals surface area contributed by atoms with E-state index in [1.165, 1.54) is 16.7 Å². The number of carbonyl (C=O) groups excluding carboxylic acids is 1.